The first-order chi connectivity index (χ1) is 32.0. The molecule has 15 aromatic rings. The molecule has 0 N–H and O–H groups in total. The molecule has 0 aliphatic rings. The SMILES string of the molecule is C[Si](C)(C)c1ccc(-n2c3ccccc3c3c4c5cc6c7c8c9ccccc9n(-c9ccc([Si](C)(C)C)cc9)c8cc8c9ccccc9n(c6cc5n5c6ccccc6c(cc32)c45)c87)cc1. The Morgan fingerprint density at radius 1 is 0.273 bits per heavy atom. The van der Waals surface area contributed by atoms with Gasteiger partial charge in [-0.3, -0.25) is 0 Å². The van der Waals surface area contributed by atoms with Gasteiger partial charge >= 0.3 is 0 Å². The molecule has 9 aromatic carbocycles. The second-order valence-corrected chi connectivity index (χ2v) is 31.1. The highest BCUT2D eigenvalue weighted by Gasteiger charge is 2.29. The maximum atomic E-state index is 2.58. The number of aromatic nitrogens is 4. The van der Waals surface area contributed by atoms with Crippen LogP contribution in [0.25, 0.3) is 131 Å². The molecule has 0 fully saturated rings. The van der Waals surface area contributed by atoms with E-state index in [9.17, 15) is 0 Å². The largest absolute Gasteiger partial charge is 0.309 e. The van der Waals surface area contributed by atoms with Crippen molar-refractivity contribution in [2.45, 2.75) is 39.3 Å². The molecule has 6 heterocycles. The minimum Gasteiger partial charge on any atom is -0.309 e. The van der Waals surface area contributed by atoms with E-state index < -0.39 is 16.1 Å². The highest BCUT2D eigenvalue weighted by Crippen LogP contribution is 2.51. The van der Waals surface area contributed by atoms with Gasteiger partial charge in [-0.05, 0) is 72.8 Å². The third-order valence-corrected chi connectivity index (χ3v) is 19.4. The van der Waals surface area contributed by atoms with Crippen molar-refractivity contribution in [2.75, 3.05) is 0 Å². The summed E-state index contributed by atoms with van der Waals surface area (Å²) in [6.45, 7) is 14.6. The summed E-state index contributed by atoms with van der Waals surface area (Å²) in [6.07, 6.45) is 0. The Kier molecular flexibility index (Phi) is 6.87. The molecule has 0 amide bonds. The minimum absolute atomic E-state index is 1.21. The number of para-hydroxylation sites is 4. The molecule has 0 aliphatic heterocycles. The first kappa shape index (κ1) is 36.9. The fourth-order valence-electron chi connectivity index (χ4n) is 12.3. The predicted octanol–water partition coefficient (Wildman–Crippen LogP) is 15.3. The van der Waals surface area contributed by atoms with Crippen LogP contribution in [0.1, 0.15) is 0 Å². The lowest BCUT2D eigenvalue weighted by atomic mass is 9.99. The van der Waals surface area contributed by atoms with Gasteiger partial charge in [0.15, 0.2) is 0 Å². The van der Waals surface area contributed by atoms with E-state index >= 15 is 0 Å². The number of fused-ring (bicyclic) bond motifs is 20. The summed E-state index contributed by atoms with van der Waals surface area (Å²) in [5.74, 6) is 0. The van der Waals surface area contributed by atoms with E-state index in [1.807, 2.05) is 0 Å². The first-order valence-corrected chi connectivity index (χ1v) is 30.4. The van der Waals surface area contributed by atoms with Crippen molar-refractivity contribution in [3.8, 4) is 11.4 Å². The molecule has 6 heteroatoms. The van der Waals surface area contributed by atoms with Crippen LogP contribution in [0.3, 0.4) is 0 Å². The third kappa shape index (κ3) is 4.53. The van der Waals surface area contributed by atoms with E-state index in [2.05, 4.69) is 227 Å². The maximum absolute atomic E-state index is 2.58. The van der Waals surface area contributed by atoms with E-state index in [1.165, 1.54) is 142 Å². The first-order valence-electron chi connectivity index (χ1n) is 23.4. The fourth-order valence-corrected chi connectivity index (χ4v) is 14.6. The van der Waals surface area contributed by atoms with E-state index in [-0.39, 0.29) is 0 Å². The molecule has 0 unspecified atom stereocenters. The number of nitrogens with zero attached hydrogens (tertiary/aromatic N) is 4. The van der Waals surface area contributed by atoms with Crippen molar-refractivity contribution in [1.29, 1.82) is 0 Å². The lowest BCUT2D eigenvalue weighted by molar-refractivity contribution is 1.18. The second-order valence-electron chi connectivity index (χ2n) is 21.0. The van der Waals surface area contributed by atoms with Crippen LogP contribution >= 0.6 is 0 Å². The Balaban J connectivity index is 1.15. The quantitative estimate of drug-likeness (QED) is 0.157. The highest BCUT2D eigenvalue weighted by atomic mass is 28.3. The van der Waals surface area contributed by atoms with Crippen LogP contribution in [0.4, 0.5) is 0 Å². The molecule has 0 spiro atoms. The topological polar surface area (TPSA) is 18.7 Å². The van der Waals surface area contributed by atoms with Gasteiger partial charge in [0.2, 0.25) is 0 Å². The summed E-state index contributed by atoms with van der Waals surface area (Å²) in [5, 5.41) is 18.6. The Morgan fingerprint density at radius 2 is 0.636 bits per heavy atom. The predicted molar refractivity (Wildman–Crippen MR) is 290 cm³/mol. The fraction of sp³-hybridized carbons (Fsp3) is 0.100. The van der Waals surface area contributed by atoms with Gasteiger partial charge in [-0.15, -0.1) is 0 Å². The van der Waals surface area contributed by atoms with Crippen LogP contribution < -0.4 is 10.4 Å². The van der Waals surface area contributed by atoms with Gasteiger partial charge in [0.25, 0.3) is 0 Å². The molecule has 4 nitrogen and oxygen atoms in total. The third-order valence-electron chi connectivity index (χ3n) is 15.3. The van der Waals surface area contributed by atoms with Gasteiger partial charge in [-0.1, -0.05) is 147 Å². The molecular weight excluding hydrogens is 833 g/mol. The average Bonchev–Trinajstić information content (AvgIpc) is 4.15. The number of benzene rings is 9. The second kappa shape index (κ2) is 12.3. The Labute approximate surface area is 382 Å². The van der Waals surface area contributed by atoms with Gasteiger partial charge in [0, 0.05) is 76.0 Å². The van der Waals surface area contributed by atoms with E-state index in [0.29, 0.717) is 0 Å². The molecular formula is C60H46N4Si2. The van der Waals surface area contributed by atoms with E-state index in [1.54, 1.807) is 0 Å². The number of hydrogen-bond donors (Lipinski definition) is 0. The standard InChI is InChI=1S/C60H46N4Si2/c1-65(2,3)37-27-23-35(24-28-37)61-49-21-13-9-17-41(49)55-53(61)32-43-39-15-7-11-19-47(39)63-51-34-52-46(31-45(51)57(55)59(43)63)58-56-42-18-10-14-22-50(42)62(36-25-29-38(30-26-36)66(4,5)6)54(56)33-44-40-16-8-12-20-48(40)64(52)60(44)58/h7-34H,1-6H3. The zero-order valence-corrected chi connectivity index (χ0v) is 40.0. The monoisotopic (exact) mass is 878 g/mol. The average molecular weight is 879 g/mol. The maximum Gasteiger partial charge on any atom is 0.0775 e. The summed E-state index contributed by atoms with van der Waals surface area (Å²) < 4.78 is 10.2. The molecule has 0 radical (unpaired) electrons. The summed E-state index contributed by atoms with van der Waals surface area (Å²) in [7, 11) is -2.97. The molecule has 0 atom stereocenters. The molecule has 6 aromatic heterocycles. The zero-order valence-electron chi connectivity index (χ0n) is 38.0. The van der Waals surface area contributed by atoms with Crippen molar-refractivity contribution in [2.24, 2.45) is 0 Å². The van der Waals surface area contributed by atoms with Gasteiger partial charge in [0.1, 0.15) is 0 Å². The van der Waals surface area contributed by atoms with Gasteiger partial charge in [-0.2, -0.15) is 0 Å². The molecule has 314 valence electrons. The van der Waals surface area contributed by atoms with Crippen LogP contribution in [-0.2, 0) is 0 Å². The van der Waals surface area contributed by atoms with Gasteiger partial charge in [-0.25, -0.2) is 0 Å². The lowest BCUT2D eigenvalue weighted by Gasteiger charge is -2.17. The molecule has 0 saturated carbocycles. The van der Waals surface area contributed by atoms with Crippen LogP contribution in [0, 0.1) is 0 Å². The summed E-state index contributed by atoms with van der Waals surface area (Å²) in [5.41, 5.74) is 15.0. The summed E-state index contributed by atoms with van der Waals surface area (Å²) in [4.78, 5) is 0. The van der Waals surface area contributed by atoms with Crippen LogP contribution in [0.15, 0.2) is 170 Å². The Hall–Kier alpha value is -7.39. The van der Waals surface area contributed by atoms with Crippen molar-refractivity contribution < 1.29 is 0 Å². The van der Waals surface area contributed by atoms with Crippen molar-refractivity contribution in [3.63, 3.8) is 0 Å². The van der Waals surface area contributed by atoms with Crippen molar-refractivity contribution in [3.05, 3.63) is 170 Å². The zero-order chi connectivity index (χ0) is 44.1. The van der Waals surface area contributed by atoms with Crippen molar-refractivity contribution in [1.82, 2.24) is 17.9 Å². The van der Waals surface area contributed by atoms with E-state index in [4.69, 9.17) is 0 Å². The molecule has 66 heavy (non-hydrogen) atoms. The van der Waals surface area contributed by atoms with Crippen LogP contribution in [0.2, 0.25) is 39.3 Å². The number of rotatable bonds is 4. The van der Waals surface area contributed by atoms with Gasteiger partial charge in [0.05, 0.1) is 71.3 Å². The van der Waals surface area contributed by atoms with Crippen molar-refractivity contribution >= 4 is 146 Å². The van der Waals surface area contributed by atoms with Gasteiger partial charge < -0.3 is 17.9 Å². The molecule has 0 aliphatic carbocycles. The highest BCUT2D eigenvalue weighted by molar-refractivity contribution is 6.89. The molecule has 0 saturated heterocycles. The lowest BCUT2D eigenvalue weighted by Crippen LogP contribution is -2.37. The summed E-state index contributed by atoms with van der Waals surface area (Å²) in [6, 6.07) is 65.3. The minimum atomic E-state index is -1.48. The van der Waals surface area contributed by atoms with Crippen LogP contribution in [-0.4, -0.2) is 34.1 Å². The molecule has 0 bridgehead atoms. The summed E-state index contributed by atoms with van der Waals surface area (Å²) >= 11 is 0. The normalized spacial score (nSPS) is 13.3. The Morgan fingerprint density at radius 3 is 1.03 bits per heavy atom. The Bertz CT molecular complexity index is 4270. The van der Waals surface area contributed by atoms with Crippen LogP contribution in [0.5, 0.6) is 0 Å². The smallest absolute Gasteiger partial charge is 0.0775 e. The van der Waals surface area contributed by atoms with E-state index in [0.717, 1.165) is 0 Å². The number of hydrogen-bond acceptors (Lipinski definition) is 0. The molecule has 15 rings (SSSR count).